The summed E-state index contributed by atoms with van der Waals surface area (Å²) in [7, 11) is 1.45. The fourth-order valence-electron chi connectivity index (χ4n) is 2.80. The van der Waals surface area contributed by atoms with Crippen LogP contribution in [-0.2, 0) is 4.79 Å². The first-order valence-corrected chi connectivity index (χ1v) is 9.88. The van der Waals surface area contributed by atoms with Crippen LogP contribution in [0.1, 0.15) is 19.4 Å². The number of nitrogens with zero attached hydrogens (tertiary/aromatic N) is 3. The summed E-state index contributed by atoms with van der Waals surface area (Å²) in [6.45, 7) is 4.56. The number of aliphatic imine (C=N–C) groups is 1. The molecule has 8 heteroatoms. The van der Waals surface area contributed by atoms with Gasteiger partial charge in [-0.1, -0.05) is 32.0 Å². The van der Waals surface area contributed by atoms with Crippen molar-refractivity contribution in [1.82, 2.24) is 4.90 Å². The van der Waals surface area contributed by atoms with Crippen molar-refractivity contribution < 1.29 is 14.5 Å². The predicted molar refractivity (Wildman–Crippen MR) is 115 cm³/mol. The second-order valence-electron chi connectivity index (χ2n) is 6.83. The topological polar surface area (TPSA) is 85.0 Å². The van der Waals surface area contributed by atoms with Crippen molar-refractivity contribution in [2.45, 2.75) is 13.8 Å². The summed E-state index contributed by atoms with van der Waals surface area (Å²) in [6, 6.07) is 13.9. The number of nitro benzene ring substituents is 1. The summed E-state index contributed by atoms with van der Waals surface area (Å²) in [5.41, 5.74) is 0.972. The first kappa shape index (κ1) is 20.6. The Hall–Kier alpha value is -3.13. The Morgan fingerprint density at radius 1 is 1.24 bits per heavy atom. The standard InChI is InChI=1S/C21H21N3O4S/c1-14(2)13-23-20(25)19(29-21(23)22-16-7-5-4-6-8-16)11-15-9-10-17(28-3)12-18(15)24(26)27/h4-12,14H,13H2,1-3H3/b19-11+,22-21?. The average molecular weight is 411 g/mol. The van der Waals surface area contributed by atoms with Crippen molar-refractivity contribution >= 4 is 40.3 Å². The quantitative estimate of drug-likeness (QED) is 0.385. The van der Waals surface area contributed by atoms with Gasteiger partial charge in [0.05, 0.1) is 34.3 Å². The molecule has 1 aliphatic rings. The number of hydrogen-bond acceptors (Lipinski definition) is 6. The number of carbonyl (C=O) groups excluding carboxylic acids is 1. The van der Waals surface area contributed by atoms with E-state index in [-0.39, 0.29) is 17.5 Å². The van der Waals surface area contributed by atoms with Gasteiger partial charge in [0, 0.05) is 6.54 Å². The highest BCUT2D eigenvalue weighted by atomic mass is 32.2. The summed E-state index contributed by atoms with van der Waals surface area (Å²) >= 11 is 1.22. The average Bonchev–Trinajstić information content (AvgIpc) is 2.97. The van der Waals surface area contributed by atoms with Crippen LogP contribution in [-0.4, -0.2) is 34.6 Å². The Bertz CT molecular complexity index is 987. The number of rotatable bonds is 6. The molecule has 0 atom stereocenters. The highest BCUT2D eigenvalue weighted by molar-refractivity contribution is 8.18. The van der Waals surface area contributed by atoms with Crippen LogP contribution >= 0.6 is 11.8 Å². The molecule has 7 nitrogen and oxygen atoms in total. The summed E-state index contributed by atoms with van der Waals surface area (Å²) in [6.07, 6.45) is 1.55. The van der Waals surface area contributed by atoms with Crippen LogP contribution in [0, 0.1) is 16.0 Å². The van der Waals surface area contributed by atoms with Gasteiger partial charge in [-0.05, 0) is 48.0 Å². The van der Waals surface area contributed by atoms with Crippen LogP contribution in [0.3, 0.4) is 0 Å². The maximum atomic E-state index is 13.0. The number of hydrogen-bond donors (Lipinski definition) is 0. The highest BCUT2D eigenvalue weighted by Crippen LogP contribution is 2.36. The summed E-state index contributed by atoms with van der Waals surface area (Å²) < 4.78 is 5.07. The van der Waals surface area contributed by atoms with E-state index in [0.717, 1.165) is 5.69 Å². The zero-order chi connectivity index (χ0) is 21.0. The lowest BCUT2D eigenvalue weighted by atomic mass is 10.1. The van der Waals surface area contributed by atoms with E-state index in [9.17, 15) is 14.9 Å². The minimum Gasteiger partial charge on any atom is -0.497 e. The van der Waals surface area contributed by atoms with E-state index in [4.69, 9.17) is 4.74 Å². The molecule has 0 saturated carbocycles. The van der Waals surface area contributed by atoms with Crippen LogP contribution in [0.5, 0.6) is 5.75 Å². The van der Waals surface area contributed by atoms with Crippen molar-refractivity contribution in [3.8, 4) is 5.75 Å². The van der Waals surface area contributed by atoms with Crippen LogP contribution in [0.15, 0.2) is 58.4 Å². The molecule has 0 unspecified atom stereocenters. The Kier molecular flexibility index (Phi) is 6.33. The molecule has 150 valence electrons. The Balaban J connectivity index is 2.01. The predicted octanol–water partition coefficient (Wildman–Crippen LogP) is 4.86. The Labute approximate surface area is 173 Å². The maximum Gasteiger partial charge on any atom is 0.280 e. The first-order chi connectivity index (χ1) is 13.9. The number of thioether (sulfide) groups is 1. The monoisotopic (exact) mass is 411 g/mol. The molecule has 3 rings (SSSR count). The second-order valence-corrected chi connectivity index (χ2v) is 7.84. The molecule has 0 N–H and O–H groups in total. The van der Waals surface area contributed by atoms with E-state index in [0.29, 0.717) is 27.9 Å². The Morgan fingerprint density at radius 3 is 2.59 bits per heavy atom. The number of para-hydroxylation sites is 1. The molecule has 0 bridgehead atoms. The van der Waals surface area contributed by atoms with Gasteiger partial charge >= 0.3 is 0 Å². The molecule has 29 heavy (non-hydrogen) atoms. The second kappa shape index (κ2) is 8.91. The third-order valence-corrected chi connectivity index (χ3v) is 5.14. The third-order valence-electron chi connectivity index (χ3n) is 4.14. The first-order valence-electron chi connectivity index (χ1n) is 9.06. The van der Waals surface area contributed by atoms with Crippen molar-refractivity contribution in [3.63, 3.8) is 0 Å². The molecule has 0 aliphatic carbocycles. The number of methoxy groups -OCH3 is 1. The molecule has 1 amide bonds. The lowest BCUT2D eigenvalue weighted by molar-refractivity contribution is -0.385. The molecular formula is C21H21N3O4S. The van der Waals surface area contributed by atoms with E-state index >= 15 is 0 Å². The van der Waals surface area contributed by atoms with Crippen LogP contribution in [0.2, 0.25) is 0 Å². The summed E-state index contributed by atoms with van der Waals surface area (Å²) in [4.78, 5) is 30.6. The molecule has 2 aromatic carbocycles. The van der Waals surface area contributed by atoms with Gasteiger partial charge in [0.25, 0.3) is 11.6 Å². The van der Waals surface area contributed by atoms with Gasteiger partial charge < -0.3 is 4.74 Å². The summed E-state index contributed by atoms with van der Waals surface area (Å²) in [5.74, 6) is 0.427. The maximum absolute atomic E-state index is 13.0. The van der Waals surface area contributed by atoms with E-state index in [1.807, 2.05) is 44.2 Å². The van der Waals surface area contributed by atoms with Gasteiger partial charge in [-0.25, -0.2) is 4.99 Å². The molecule has 1 fully saturated rings. The van der Waals surface area contributed by atoms with Crippen LogP contribution in [0.25, 0.3) is 6.08 Å². The van der Waals surface area contributed by atoms with Gasteiger partial charge in [-0.15, -0.1) is 0 Å². The number of ether oxygens (including phenoxy) is 1. The highest BCUT2D eigenvalue weighted by Gasteiger charge is 2.34. The molecule has 1 heterocycles. The third kappa shape index (κ3) is 4.83. The zero-order valence-corrected chi connectivity index (χ0v) is 17.2. The molecule has 1 saturated heterocycles. The van der Waals surface area contributed by atoms with Crippen LogP contribution < -0.4 is 4.74 Å². The Morgan fingerprint density at radius 2 is 1.97 bits per heavy atom. The fraction of sp³-hybridized carbons (Fsp3) is 0.238. The lowest BCUT2D eigenvalue weighted by Gasteiger charge is -2.17. The van der Waals surface area contributed by atoms with Gasteiger partial charge in [0.2, 0.25) is 0 Å². The zero-order valence-electron chi connectivity index (χ0n) is 16.4. The number of amidine groups is 1. The largest absolute Gasteiger partial charge is 0.497 e. The van der Waals surface area contributed by atoms with Crippen molar-refractivity contribution in [2.75, 3.05) is 13.7 Å². The smallest absolute Gasteiger partial charge is 0.280 e. The van der Waals surface area contributed by atoms with Gasteiger partial charge in [0.1, 0.15) is 5.75 Å². The molecule has 0 aromatic heterocycles. The summed E-state index contributed by atoms with van der Waals surface area (Å²) in [5, 5.41) is 12.0. The molecule has 2 aromatic rings. The molecule has 1 aliphatic heterocycles. The fourth-order valence-corrected chi connectivity index (χ4v) is 3.80. The van der Waals surface area contributed by atoms with Crippen LogP contribution in [0.4, 0.5) is 11.4 Å². The van der Waals surface area contributed by atoms with Crippen molar-refractivity contribution in [3.05, 3.63) is 69.1 Å². The van der Waals surface area contributed by atoms with Crippen molar-refractivity contribution in [2.24, 2.45) is 10.9 Å². The van der Waals surface area contributed by atoms with E-state index in [2.05, 4.69) is 4.99 Å². The van der Waals surface area contributed by atoms with Gasteiger partial charge in [-0.3, -0.25) is 19.8 Å². The number of benzene rings is 2. The minimum absolute atomic E-state index is 0.117. The molecule has 0 spiro atoms. The number of amides is 1. The SMILES string of the molecule is COc1ccc(/C=C2/SC(=Nc3ccccc3)N(CC(C)C)C2=O)c([N+](=O)[O-])c1. The normalized spacial score (nSPS) is 16.8. The molecule has 0 radical (unpaired) electrons. The van der Waals surface area contributed by atoms with Gasteiger partial charge in [-0.2, -0.15) is 0 Å². The number of nitro groups is 1. The van der Waals surface area contributed by atoms with E-state index in [1.54, 1.807) is 23.1 Å². The minimum atomic E-state index is -0.482. The molecular weight excluding hydrogens is 390 g/mol. The van der Waals surface area contributed by atoms with Gasteiger partial charge in [0.15, 0.2) is 5.17 Å². The number of carbonyl (C=O) groups is 1. The van der Waals surface area contributed by atoms with Crippen molar-refractivity contribution in [1.29, 1.82) is 0 Å². The van der Waals surface area contributed by atoms with E-state index in [1.165, 1.54) is 24.9 Å². The van der Waals surface area contributed by atoms with E-state index < -0.39 is 4.92 Å². The lowest BCUT2D eigenvalue weighted by Crippen LogP contribution is -2.32.